The third-order valence-corrected chi connectivity index (χ3v) is 15.7. The Morgan fingerprint density at radius 2 is 0.821 bits per heavy atom. The SMILES string of the molecule is CN[C@@H](C)C(=O)NC(C(=O)N1Cc2cc(NC(=O)c3ccc(C(=O)Nc4ccc5c(c4)CN(C(=O)C(NC(=O)[C@H](C)NC)C(C)(C)C)C(C(=O)NC(C)c4ccccc4F)C5)cc3)ccc2CC1C(=O)NC(C)c1ccccc1F)C(C)(C)C. The molecule has 7 rings (SSSR count). The lowest BCUT2D eigenvalue weighted by Gasteiger charge is -2.41. The van der Waals surface area contributed by atoms with Gasteiger partial charge in [-0.15, -0.1) is 0 Å². The number of nitrogens with zero attached hydrogens (tertiary/aromatic N) is 2. The average molecular weight is 1150 g/mol. The predicted molar refractivity (Wildman–Crippen MR) is 317 cm³/mol. The summed E-state index contributed by atoms with van der Waals surface area (Å²) in [5, 5.41) is 23.2. The van der Waals surface area contributed by atoms with E-state index in [4.69, 9.17) is 0 Å². The monoisotopic (exact) mass is 1150 g/mol. The van der Waals surface area contributed by atoms with Crippen LogP contribution in [0.25, 0.3) is 0 Å². The van der Waals surface area contributed by atoms with Gasteiger partial charge in [0.25, 0.3) is 11.8 Å². The number of carbonyl (C=O) groups is 8. The van der Waals surface area contributed by atoms with Gasteiger partial charge in [-0.1, -0.05) is 90.1 Å². The molecule has 2 aliphatic heterocycles. The normalized spacial score (nSPS) is 17.1. The molecule has 18 nitrogen and oxygen atoms in total. The number of nitrogens with one attached hydrogen (secondary N) is 8. The first kappa shape index (κ1) is 63.2. The maximum Gasteiger partial charge on any atom is 0.255 e. The highest BCUT2D eigenvalue weighted by atomic mass is 19.1. The van der Waals surface area contributed by atoms with Crippen LogP contribution >= 0.6 is 0 Å². The van der Waals surface area contributed by atoms with Crippen molar-refractivity contribution in [3.8, 4) is 0 Å². The number of carbonyl (C=O) groups excluding carboxylic acids is 8. The first-order chi connectivity index (χ1) is 39.6. The second-order valence-electron chi connectivity index (χ2n) is 24.0. The van der Waals surface area contributed by atoms with Crippen LogP contribution in [0.1, 0.15) is 135 Å². The van der Waals surface area contributed by atoms with Crippen molar-refractivity contribution in [1.82, 2.24) is 41.7 Å². The van der Waals surface area contributed by atoms with E-state index in [0.717, 1.165) is 11.1 Å². The number of halogens is 2. The standard InChI is InChI=1S/C64H78F2N10O8/c1-35(47-17-13-15-19-49(47)65)69-59(81)51-31-41-25-27-45(29-43(41)33-75(51)61(83)53(63(5,6)7)73-55(77)37(3)67-11)71-57(79)39-21-23-40(24-22-39)58(80)72-46-28-26-42-32-52(60(82)70-36(2)48-18-14-16-20-50(48)66)76(34-44(42)30-46)62(84)54(64(8,9)10)74-56(78)38(4)68-12/h13-30,35-38,51-54,67-68H,31-34H2,1-12H3,(H,69,81)(H,70,82)(H,71,79)(H,72,80)(H,73,77)(H,74,78)/t35?,36?,37-,38-,51?,52?,53?,54?/m0/s1. The molecular formula is C64H78F2N10O8. The lowest BCUT2D eigenvalue weighted by atomic mass is 9.84. The quantitative estimate of drug-likeness (QED) is 0.0447. The van der Waals surface area contributed by atoms with E-state index in [1.165, 1.54) is 46.2 Å². The van der Waals surface area contributed by atoms with E-state index < -0.39 is 118 Å². The molecule has 20 heteroatoms. The number of amides is 8. The van der Waals surface area contributed by atoms with E-state index in [2.05, 4.69) is 42.5 Å². The van der Waals surface area contributed by atoms with Crippen LogP contribution < -0.4 is 42.5 Å². The van der Waals surface area contributed by atoms with E-state index in [-0.39, 0.29) is 48.2 Å². The fraction of sp³-hybridized carbons (Fsp3) is 0.406. The molecular weight excluding hydrogens is 1070 g/mol. The van der Waals surface area contributed by atoms with Crippen LogP contribution in [0.15, 0.2) is 109 Å². The Balaban J connectivity index is 1.07. The molecule has 0 saturated carbocycles. The largest absolute Gasteiger partial charge is 0.348 e. The molecule has 0 saturated heterocycles. The van der Waals surface area contributed by atoms with E-state index in [1.54, 1.807) is 115 Å². The van der Waals surface area contributed by atoms with E-state index in [9.17, 15) is 47.1 Å². The Kier molecular flexibility index (Phi) is 19.9. The van der Waals surface area contributed by atoms with Crippen LogP contribution in [0.3, 0.4) is 0 Å². The molecule has 0 bridgehead atoms. The Morgan fingerprint density at radius 1 is 0.476 bits per heavy atom. The van der Waals surface area contributed by atoms with Crippen molar-refractivity contribution in [3.63, 3.8) is 0 Å². The first-order valence-corrected chi connectivity index (χ1v) is 28.2. The van der Waals surface area contributed by atoms with Gasteiger partial charge in [-0.2, -0.15) is 0 Å². The summed E-state index contributed by atoms with van der Waals surface area (Å²) in [5.74, 6) is -4.79. The van der Waals surface area contributed by atoms with Crippen molar-refractivity contribution in [3.05, 3.63) is 165 Å². The molecule has 2 aliphatic rings. The molecule has 8 N–H and O–H groups in total. The van der Waals surface area contributed by atoms with Gasteiger partial charge in [0.05, 0.1) is 24.2 Å². The molecule has 84 heavy (non-hydrogen) atoms. The topological polar surface area (TPSA) is 239 Å². The molecule has 8 amide bonds. The molecule has 8 atom stereocenters. The van der Waals surface area contributed by atoms with Gasteiger partial charge in [0.15, 0.2) is 0 Å². The number of hydrogen-bond acceptors (Lipinski definition) is 10. The summed E-state index contributed by atoms with van der Waals surface area (Å²) < 4.78 is 29.7. The summed E-state index contributed by atoms with van der Waals surface area (Å²) in [6.45, 7) is 17.4. The highest BCUT2D eigenvalue weighted by Crippen LogP contribution is 2.33. The molecule has 5 aromatic rings. The number of fused-ring (bicyclic) bond motifs is 2. The Hall–Kier alpha value is -8.36. The summed E-state index contributed by atoms with van der Waals surface area (Å²) in [6.07, 6.45) is 0.174. The van der Waals surface area contributed by atoms with E-state index in [1.807, 2.05) is 41.5 Å². The van der Waals surface area contributed by atoms with Crippen LogP contribution in [0.5, 0.6) is 0 Å². The lowest BCUT2D eigenvalue weighted by molar-refractivity contribution is -0.147. The average Bonchev–Trinajstić information content (AvgIpc) is 3.65. The second-order valence-corrected chi connectivity index (χ2v) is 24.0. The maximum atomic E-state index is 14.8. The highest BCUT2D eigenvalue weighted by molar-refractivity contribution is 6.07. The smallest absolute Gasteiger partial charge is 0.255 e. The van der Waals surface area contributed by atoms with Crippen molar-refractivity contribution in [2.45, 2.75) is 144 Å². The van der Waals surface area contributed by atoms with Crippen LogP contribution in [0.2, 0.25) is 0 Å². The molecule has 0 radical (unpaired) electrons. The van der Waals surface area contributed by atoms with Crippen molar-refractivity contribution in [1.29, 1.82) is 0 Å². The molecule has 6 unspecified atom stereocenters. The summed E-state index contributed by atoms with van der Waals surface area (Å²) >= 11 is 0. The van der Waals surface area contributed by atoms with Gasteiger partial charge in [-0.05, 0) is 136 Å². The third-order valence-electron chi connectivity index (χ3n) is 15.7. The lowest BCUT2D eigenvalue weighted by Crippen LogP contribution is -2.62. The van der Waals surface area contributed by atoms with Gasteiger partial charge >= 0.3 is 0 Å². The molecule has 2 heterocycles. The van der Waals surface area contributed by atoms with Gasteiger partial charge in [-0.3, -0.25) is 38.4 Å². The second kappa shape index (κ2) is 26.5. The first-order valence-electron chi connectivity index (χ1n) is 28.2. The number of anilines is 2. The van der Waals surface area contributed by atoms with Crippen LogP contribution in [-0.2, 0) is 54.7 Å². The Bertz CT molecular complexity index is 3090. The maximum absolute atomic E-state index is 14.8. The minimum absolute atomic E-state index is 0.0537. The van der Waals surface area contributed by atoms with Gasteiger partial charge in [-0.25, -0.2) is 8.78 Å². The molecule has 5 aromatic carbocycles. The Labute approximate surface area is 490 Å². The summed E-state index contributed by atoms with van der Waals surface area (Å²) in [6, 6.07) is 21.7. The minimum atomic E-state index is -1.04. The van der Waals surface area contributed by atoms with Gasteiger partial charge in [0, 0.05) is 59.6 Å². The minimum Gasteiger partial charge on any atom is -0.348 e. The van der Waals surface area contributed by atoms with Crippen molar-refractivity contribution >= 4 is 58.6 Å². The summed E-state index contributed by atoms with van der Waals surface area (Å²) in [7, 11) is 3.26. The van der Waals surface area contributed by atoms with Crippen molar-refractivity contribution < 1.29 is 47.1 Å². The fourth-order valence-corrected chi connectivity index (χ4v) is 10.3. The molecule has 446 valence electrons. The zero-order valence-corrected chi connectivity index (χ0v) is 49.8. The van der Waals surface area contributed by atoms with Crippen molar-refractivity contribution in [2.24, 2.45) is 10.8 Å². The van der Waals surface area contributed by atoms with E-state index >= 15 is 0 Å². The zero-order valence-electron chi connectivity index (χ0n) is 49.8. The zero-order chi connectivity index (χ0) is 61.5. The van der Waals surface area contributed by atoms with Gasteiger partial charge < -0.3 is 52.3 Å². The van der Waals surface area contributed by atoms with Gasteiger partial charge in [0.1, 0.15) is 35.8 Å². The van der Waals surface area contributed by atoms with E-state index in [0.29, 0.717) is 22.5 Å². The summed E-state index contributed by atoms with van der Waals surface area (Å²) in [5.41, 5.74) is 3.01. The van der Waals surface area contributed by atoms with Crippen LogP contribution in [0, 0.1) is 22.5 Å². The molecule has 0 spiro atoms. The summed E-state index contributed by atoms with van der Waals surface area (Å²) in [4.78, 5) is 115. The van der Waals surface area contributed by atoms with Crippen LogP contribution in [-0.4, -0.2) is 107 Å². The third kappa shape index (κ3) is 14.9. The van der Waals surface area contributed by atoms with Crippen molar-refractivity contribution in [2.75, 3.05) is 24.7 Å². The number of rotatable bonds is 18. The molecule has 0 fully saturated rings. The number of benzene rings is 5. The number of likely N-dealkylation sites (N-methyl/N-ethyl adjacent to an activating group) is 2. The highest BCUT2D eigenvalue weighted by Gasteiger charge is 2.45. The van der Waals surface area contributed by atoms with Crippen LogP contribution in [0.4, 0.5) is 20.2 Å². The fourth-order valence-electron chi connectivity index (χ4n) is 10.3. The van der Waals surface area contributed by atoms with Gasteiger partial charge in [0.2, 0.25) is 35.4 Å². The predicted octanol–water partition coefficient (Wildman–Crippen LogP) is 7.01. The Morgan fingerprint density at radius 3 is 1.14 bits per heavy atom. The molecule has 0 aliphatic carbocycles. The number of hydrogen-bond donors (Lipinski definition) is 8. The molecule has 0 aromatic heterocycles.